The number of aromatic amines is 1. The van der Waals surface area contributed by atoms with Crippen molar-refractivity contribution in [3.8, 4) is 5.75 Å². The zero-order chi connectivity index (χ0) is 41.6. The maximum atomic E-state index is 16.4. The number of phosphoric acid groups is 1. The Hall–Kier alpha value is -4.67. The van der Waals surface area contributed by atoms with E-state index < -0.39 is 94.3 Å². The van der Waals surface area contributed by atoms with Gasteiger partial charge in [0.1, 0.15) is 42.0 Å². The molecule has 4 N–H and O–H groups in total. The monoisotopic (exact) mass is 879 g/mol. The zero-order valence-electron chi connectivity index (χ0n) is 30.4. The smallest absolute Gasteiger partial charge is 0.423 e. The number of hydrogen-bond donors (Lipinski definition) is 3. The van der Waals surface area contributed by atoms with E-state index in [1.807, 2.05) is 11.9 Å². The topological polar surface area (TPSA) is 261 Å². The predicted octanol–water partition coefficient (Wildman–Crippen LogP) is 3.92. The SMILES string of the molecule is Cc1ccc(C(=O)Oc2ccc(CS[P@@]3(=O)OC[C@H]4O[C@@H](n5cnc6c(N)ncnc65)[C@H](OP(=O)(O)OC[C@H]5O[C@@H](n6ccc(=O)[nH]c6=O)[C@H](F)C5O3)[C@@H]4F)cc2)cc1. The first-order chi connectivity index (χ1) is 28.2. The van der Waals surface area contributed by atoms with E-state index in [1.165, 1.54) is 23.0 Å². The van der Waals surface area contributed by atoms with Crippen LogP contribution in [0, 0.1) is 6.92 Å². The Morgan fingerprint density at radius 1 is 0.932 bits per heavy atom. The highest BCUT2D eigenvalue weighted by Crippen LogP contribution is 2.64. The van der Waals surface area contributed by atoms with Gasteiger partial charge in [0.15, 0.2) is 36.3 Å². The van der Waals surface area contributed by atoms with E-state index in [9.17, 15) is 28.4 Å². The Balaban J connectivity index is 1.08. The molecule has 6 heterocycles. The summed E-state index contributed by atoms with van der Waals surface area (Å²) in [5.74, 6) is -0.522. The Kier molecular flexibility index (Phi) is 11.4. The number of halogens is 2. The number of aryl methyl sites for hydroxylation is 1. The molecule has 312 valence electrons. The second kappa shape index (κ2) is 16.4. The van der Waals surface area contributed by atoms with Crippen LogP contribution in [0.25, 0.3) is 11.2 Å². The number of nitrogens with two attached hydrogens (primary N) is 1. The summed E-state index contributed by atoms with van der Waals surface area (Å²) in [5.41, 5.74) is 6.04. The van der Waals surface area contributed by atoms with Crippen molar-refractivity contribution in [2.24, 2.45) is 0 Å². The highest BCUT2D eigenvalue weighted by atomic mass is 32.7. The second-order valence-corrected chi connectivity index (χ2v) is 18.9. The number of esters is 1. The average molecular weight is 880 g/mol. The van der Waals surface area contributed by atoms with Gasteiger partial charge in [0, 0.05) is 18.0 Å². The lowest BCUT2D eigenvalue weighted by Gasteiger charge is -2.27. The molecule has 0 amide bonds. The van der Waals surface area contributed by atoms with Crippen molar-refractivity contribution < 1.29 is 59.9 Å². The predicted molar refractivity (Wildman–Crippen MR) is 202 cm³/mol. The first-order valence-electron chi connectivity index (χ1n) is 17.6. The Morgan fingerprint density at radius 2 is 1.66 bits per heavy atom. The minimum absolute atomic E-state index is 0.0214. The van der Waals surface area contributed by atoms with Crippen molar-refractivity contribution in [3.63, 3.8) is 0 Å². The van der Waals surface area contributed by atoms with Crippen LogP contribution in [0.5, 0.6) is 5.75 Å². The third-order valence-electron chi connectivity index (χ3n) is 9.43. The molecule has 3 aliphatic rings. The number of benzene rings is 2. The molecule has 0 aliphatic carbocycles. The number of alkyl halides is 2. The van der Waals surface area contributed by atoms with Crippen LogP contribution in [-0.4, -0.2) is 89.9 Å². The lowest BCUT2D eigenvalue weighted by Crippen LogP contribution is -2.36. The van der Waals surface area contributed by atoms with Crippen LogP contribution in [0.4, 0.5) is 14.6 Å². The van der Waals surface area contributed by atoms with Gasteiger partial charge in [-0.05, 0) is 48.1 Å². The maximum absolute atomic E-state index is 16.4. The van der Waals surface area contributed by atoms with Crippen molar-refractivity contribution >= 4 is 49.0 Å². The maximum Gasteiger partial charge on any atom is 0.472 e. The third kappa shape index (κ3) is 8.67. The molecule has 5 aromatic rings. The minimum Gasteiger partial charge on any atom is -0.423 e. The van der Waals surface area contributed by atoms with Crippen molar-refractivity contribution in [2.45, 2.75) is 61.9 Å². The molecule has 3 aromatic heterocycles. The highest BCUT2D eigenvalue weighted by Gasteiger charge is 2.55. The van der Waals surface area contributed by atoms with E-state index in [-0.39, 0.29) is 28.5 Å². The van der Waals surface area contributed by atoms with E-state index >= 15 is 8.78 Å². The summed E-state index contributed by atoms with van der Waals surface area (Å²) < 4.78 is 102. The molecule has 10 atom stereocenters. The molecule has 59 heavy (non-hydrogen) atoms. The van der Waals surface area contributed by atoms with Crippen molar-refractivity contribution in [3.05, 3.63) is 111 Å². The van der Waals surface area contributed by atoms with Crippen LogP contribution in [0.2, 0.25) is 0 Å². The number of carbonyl (C=O) groups excluding carboxylic acids is 1. The first kappa shape index (κ1) is 41.1. The van der Waals surface area contributed by atoms with Gasteiger partial charge in [-0.25, -0.2) is 42.5 Å². The molecule has 20 nitrogen and oxygen atoms in total. The standard InChI is InChI=1S/C34H33F2N7O13P2S/c1-17-2-6-19(7-3-17)33(45)52-20-8-4-18(5-9-20)14-59-58(49)51-12-21-24(35)28(32(53-21)43-16-40-26-29(37)38-15-39-30(26)43)55-57(47,48)50-13-22-27(56-58)25(36)31(54-22)42-11-10-23(44)41-34(42)46/h2-11,15-16,21-22,24-25,27-28,31-32H,12-14H2,1H3,(H,47,48)(H2,37,38,39)(H,41,44,46)/t21-,22-,24-,25-,27?,28-,31-,32-,58+/m1/s1. The molecule has 25 heteroatoms. The van der Waals surface area contributed by atoms with Crippen LogP contribution in [0.3, 0.4) is 0 Å². The number of fused-ring (bicyclic) bond motifs is 4. The Morgan fingerprint density at radius 3 is 2.41 bits per heavy atom. The molecule has 8 rings (SSSR count). The van der Waals surface area contributed by atoms with E-state index in [0.29, 0.717) is 27.1 Å². The second-order valence-electron chi connectivity index (χ2n) is 13.4. The number of hydrogen-bond acceptors (Lipinski definition) is 17. The summed E-state index contributed by atoms with van der Waals surface area (Å²) >= 11 is 0.574. The van der Waals surface area contributed by atoms with Gasteiger partial charge in [0.05, 0.1) is 25.1 Å². The number of nitrogen functional groups attached to an aromatic ring is 1. The molecule has 3 aliphatic heterocycles. The number of H-pyrrole nitrogens is 1. The number of carbonyl (C=O) groups is 1. The number of imidazole rings is 1. The quantitative estimate of drug-likeness (QED) is 0.119. The Bertz CT molecular complexity index is 2580. The molecule has 0 spiro atoms. The summed E-state index contributed by atoms with van der Waals surface area (Å²) in [5, 5.41) is 0. The summed E-state index contributed by atoms with van der Waals surface area (Å²) in [4.78, 5) is 62.0. The summed E-state index contributed by atoms with van der Waals surface area (Å²) in [6.45, 7) is -4.57. The number of ether oxygens (including phenoxy) is 3. The van der Waals surface area contributed by atoms with Gasteiger partial charge in [-0.2, -0.15) is 0 Å². The van der Waals surface area contributed by atoms with Gasteiger partial charge in [-0.3, -0.25) is 37.0 Å². The van der Waals surface area contributed by atoms with Crippen LogP contribution in [0.1, 0.15) is 33.9 Å². The van der Waals surface area contributed by atoms with E-state index in [1.54, 1.807) is 36.4 Å². The van der Waals surface area contributed by atoms with Crippen molar-refractivity contribution in [1.82, 2.24) is 29.1 Å². The van der Waals surface area contributed by atoms with Crippen LogP contribution in [-0.2, 0) is 42.5 Å². The average Bonchev–Trinajstić information content (AvgIpc) is 3.86. The van der Waals surface area contributed by atoms with Gasteiger partial charge < -0.3 is 24.8 Å². The fourth-order valence-electron chi connectivity index (χ4n) is 6.45. The fraction of sp³-hybridized carbons (Fsp3) is 0.353. The van der Waals surface area contributed by atoms with E-state index in [0.717, 1.165) is 24.2 Å². The summed E-state index contributed by atoms with van der Waals surface area (Å²) in [7, 11) is -5.27. The molecular formula is C34H33F2N7O13P2S. The van der Waals surface area contributed by atoms with Gasteiger partial charge in [0.2, 0.25) is 0 Å². The molecule has 3 saturated heterocycles. The number of nitrogens with zero attached hydrogens (tertiary/aromatic N) is 5. The molecule has 0 saturated carbocycles. The highest BCUT2D eigenvalue weighted by molar-refractivity contribution is 8.54. The molecule has 2 unspecified atom stereocenters. The number of phosphoric ester groups is 1. The van der Waals surface area contributed by atoms with Crippen LogP contribution < -0.4 is 21.7 Å². The van der Waals surface area contributed by atoms with E-state index in [4.69, 9.17) is 38.0 Å². The first-order valence-corrected chi connectivity index (χ1v) is 22.2. The fourth-order valence-corrected chi connectivity index (χ4v) is 10.8. The molecule has 3 fully saturated rings. The minimum atomic E-state index is -5.27. The van der Waals surface area contributed by atoms with Gasteiger partial charge in [0.25, 0.3) is 5.56 Å². The van der Waals surface area contributed by atoms with Crippen LogP contribution in [0.15, 0.2) is 83.0 Å². The number of aromatic nitrogens is 6. The normalized spacial score (nSPS) is 31.2. The van der Waals surface area contributed by atoms with Gasteiger partial charge in [-0.1, -0.05) is 29.8 Å². The summed E-state index contributed by atoms with van der Waals surface area (Å²) in [6, 6.07) is 13.9. The zero-order valence-corrected chi connectivity index (χ0v) is 33.0. The number of nitrogens with one attached hydrogen (secondary N) is 1. The lowest BCUT2D eigenvalue weighted by atomic mass is 10.1. The van der Waals surface area contributed by atoms with Crippen molar-refractivity contribution in [1.29, 1.82) is 0 Å². The molecular weight excluding hydrogens is 846 g/mol. The molecule has 2 bridgehead atoms. The van der Waals surface area contributed by atoms with Gasteiger partial charge in [-0.15, -0.1) is 0 Å². The molecule has 2 aromatic carbocycles. The number of anilines is 1. The van der Waals surface area contributed by atoms with Crippen molar-refractivity contribution in [2.75, 3.05) is 18.9 Å². The van der Waals surface area contributed by atoms with Crippen LogP contribution >= 0.6 is 26.0 Å². The van der Waals surface area contributed by atoms with Gasteiger partial charge >= 0.3 is 26.3 Å². The third-order valence-corrected chi connectivity index (χ3v) is 14.1. The van der Waals surface area contributed by atoms with E-state index in [2.05, 4.69) is 15.0 Å². The summed E-state index contributed by atoms with van der Waals surface area (Å²) in [6.07, 6.45) is -11.8. The lowest BCUT2D eigenvalue weighted by molar-refractivity contribution is -0.0640. The molecule has 0 radical (unpaired) electrons. The Labute approximate surface area is 334 Å². The number of rotatable bonds is 7. The largest absolute Gasteiger partial charge is 0.472 e.